The fourth-order valence-electron chi connectivity index (χ4n) is 3.49. The van der Waals surface area contributed by atoms with E-state index in [4.69, 9.17) is 9.15 Å². The highest BCUT2D eigenvalue weighted by atomic mass is 16.5. The van der Waals surface area contributed by atoms with Gasteiger partial charge in [0.1, 0.15) is 6.26 Å². The molecule has 1 aliphatic rings. The van der Waals surface area contributed by atoms with Crippen molar-refractivity contribution in [3.8, 4) is 0 Å². The zero-order chi connectivity index (χ0) is 21.5. The van der Waals surface area contributed by atoms with Gasteiger partial charge in [-0.25, -0.2) is 4.98 Å². The lowest BCUT2D eigenvalue weighted by Crippen LogP contribution is -2.37. The van der Waals surface area contributed by atoms with Crippen molar-refractivity contribution in [3.05, 3.63) is 41.9 Å². The van der Waals surface area contributed by atoms with Crippen molar-refractivity contribution >= 4 is 11.8 Å². The van der Waals surface area contributed by atoms with Gasteiger partial charge in [-0.15, -0.1) is 0 Å². The Morgan fingerprint density at radius 3 is 2.93 bits per heavy atom. The molecule has 0 unspecified atom stereocenters. The van der Waals surface area contributed by atoms with Crippen LogP contribution in [0, 0.1) is 0 Å². The second-order valence-electron chi connectivity index (χ2n) is 7.80. The first-order chi connectivity index (χ1) is 14.5. The Morgan fingerprint density at radius 2 is 2.23 bits per heavy atom. The summed E-state index contributed by atoms with van der Waals surface area (Å²) in [7, 11) is 0. The molecule has 0 radical (unpaired) electrons. The molecular weight excluding hydrogens is 384 g/mol. The monoisotopic (exact) mass is 416 g/mol. The molecule has 1 aliphatic heterocycles. The van der Waals surface area contributed by atoms with Gasteiger partial charge in [0, 0.05) is 37.5 Å². The van der Waals surface area contributed by atoms with Crippen LogP contribution in [0.3, 0.4) is 0 Å². The van der Waals surface area contributed by atoms with Gasteiger partial charge in [0.15, 0.2) is 5.69 Å². The van der Waals surface area contributed by atoms with Crippen molar-refractivity contribution < 1.29 is 18.7 Å². The maximum atomic E-state index is 12.5. The molecule has 2 aromatic rings. The number of amides is 2. The minimum absolute atomic E-state index is 0.0830. The molecule has 8 heteroatoms. The van der Waals surface area contributed by atoms with Gasteiger partial charge in [0.05, 0.1) is 19.2 Å². The van der Waals surface area contributed by atoms with Gasteiger partial charge >= 0.3 is 0 Å². The lowest BCUT2D eigenvalue weighted by atomic mass is 10.2. The summed E-state index contributed by atoms with van der Waals surface area (Å²) in [6, 6.07) is 4.01. The van der Waals surface area contributed by atoms with Crippen LogP contribution in [0.2, 0.25) is 0 Å². The van der Waals surface area contributed by atoms with Gasteiger partial charge in [-0.05, 0) is 38.3 Å². The van der Waals surface area contributed by atoms with Crippen LogP contribution >= 0.6 is 0 Å². The quantitative estimate of drug-likeness (QED) is 0.643. The molecule has 0 aromatic carbocycles. The fourth-order valence-corrected chi connectivity index (χ4v) is 3.49. The van der Waals surface area contributed by atoms with Crippen molar-refractivity contribution in [1.82, 2.24) is 19.8 Å². The summed E-state index contributed by atoms with van der Waals surface area (Å²) < 4.78 is 13.2. The van der Waals surface area contributed by atoms with E-state index in [1.165, 1.54) is 6.26 Å². The Balaban J connectivity index is 1.65. The second-order valence-corrected chi connectivity index (χ2v) is 7.80. The number of hydrogen-bond acceptors (Lipinski definition) is 5. The van der Waals surface area contributed by atoms with E-state index in [1.54, 1.807) is 0 Å². The minimum Gasteiger partial charge on any atom is -0.446 e. The Bertz CT molecular complexity index is 838. The SMILES string of the molecule is CCC(=O)N(Cc1cccn1Cc1nc(C(=O)N[C@H](C)CC)co1)C[C@H]1CCCO1. The number of aromatic nitrogens is 2. The standard InChI is InChI=1S/C22H32N4O4/c1-4-16(3)23-22(28)19-15-30-20(24-19)14-25-10-6-8-17(25)12-26(21(27)5-2)13-18-9-7-11-29-18/h6,8,10,15-16,18H,4-5,7,9,11-14H2,1-3H3,(H,23,28)/t16-,18-/m1/s1. The number of carbonyl (C=O) groups is 2. The van der Waals surface area contributed by atoms with Crippen molar-refractivity contribution in [2.45, 2.75) is 71.7 Å². The van der Waals surface area contributed by atoms with Gasteiger partial charge in [-0.3, -0.25) is 9.59 Å². The number of rotatable bonds is 10. The largest absolute Gasteiger partial charge is 0.446 e. The first-order valence-electron chi connectivity index (χ1n) is 10.8. The topological polar surface area (TPSA) is 89.6 Å². The molecule has 3 rings (SSSR count). The van der Waals surface area contributed by atoms with E-state index in [-0.39, 0.29) is 29.7 Å². The highest BCUT2D eigenvalue weighted by Crippen LogP contribution is 2.17. The van der Waals surface area contributed by atoms with Gasteiger partial charge in [0.2, 0.25) is 11.8 Å². The van der Waals surface area contributed by atoms with Crippen LogP contribution in [0.1, 0.15) is 68.5 Å². The third-order valence-electron chi connectivity index (χ3n) is 5.46. The molecule has 2 aromatic heterocycles. The highest BCUT2D eigenvalue weighted by molar-refractivity contribution is 5.92. The van der Waals surface area contributed by atoms with E-state index >= 15 is 0 Å². The van der Waals surface area contributed by atoms with Crippen molar-refractivity contribution in [2.75, 3.05) is 13.2 Å². The number of hydrogen-bond donors (Lipinski definition) is 1. The minimum atomic E-state index is -0.233. The van der Waals surface area contributed by atoms with Gasteiger partial charge in [-0.1, -0.05) is 13.8 Å². The van der Waals surface area contributed by atoms with Gasteiger partial charge in [-0.2, -0.15) is 0 Å². The number of nitrogens with one attached hydrogen (secondary N) is 1. The smallest absolute Gasteiger partial charge is 0.273 e. The summed E-state index contributed by atoms with van der Waals surface area (Å²) in [5.74, 6) is 0.330. The summed E-state index contributed by atoms with van der Waals surface area (Å²) in [6.07, 6.45) is 6.78. The van der Waals surface area contributed by atoms with Crippen molar-refractivity contribution in [3.63, 3.8) is 0 Å². The summed E-state index contributed by atoms with van der Waals surface area (Å²) in [5, 5.41) is 2.88. The summed E-state index contributed by atoms with van der Waals surface area (Å²) in [6.45, 7) is 8.11. The third kappa shape index (κ3) is 5.72. The van der Waals surface area contributed by atoms with Crippen LogP contribution < -0.4 is 5.32 Å². The van der Waals surface area contributed by atoms with Gasteiger partial charge in [0.25, 0.3) is 5.91 Å². The maximum Gasteiger partial charge on any atom is 0.273 e. The molecule has 1 saturated heterocycles. The molecule has 30 heavy (non-hydrogen) atoms. The molecule has 0 aliphatic carbocycles. The molecule has 2 amide bonds. The molecule has 1 fully saturated rings. The van der Waals surface area contributed by atoms with E-state index in [9.17, 15) is 9.59 Å². The normalized spacial score (nSPS) is 17.1. The maximum absolute atomic E-state index is 12.5. The predicted octanol–water partition coefficient (Wildman–Crippen LogP) is 2.97. The lowest BCUT2D eigenvalue weighted by molar-refractivity contribution is -0.133. The number of oxazole rings is 1. The molecule has 1 N–H and O–H groups in total. The molecule has 0 saturated carbocycles. The van der Waals surface area contributed by atoms with E-state index in [1.807, 2.05) is 48.6 Å². The number of ether oxygens (including phenoxy) is 1. The Hall–Kier alpha value is -2.61. The molecule has 3 heterocycles. The summed E-state index contributed by atoms with van der Waals surface area (Å²) >= 11 is 0. The zero-order valence-electron chi connectivity index (χ0n) is 18.1. The number of carbonyl (C=O) groups excluding carboxylic acids is 2. The highest BCUT2D eigenvalue weighted by Gasteiger charge is 2.23. The van der Waals surface area contributed by atoms with Crippen LogP contribution in [0.25, 0.3) is 0 Å². The molecule has 0 bridgehead atoms. The lowest BCUT2D eigenvalue weighted by Gasteiger charge is -2.25. The Morgan fingerprint density at radius 1 is 1.40 bits per heavy atom. The fraction of sp³-hybridized carbons (Fsp3) is 0.591. The first kappa shape index (κ1) is 22.1. The third-order valence-corrected chi connectivity index (χ3v) is 5.46. The Labute approximate surface area is 177 Å². The molecule has 2 atom stereocenters. The van der Waals surface area contributed by atoms with Crippen molar-refractivity contribution in [2.24, 2.45) is 0 Å². The molecule has 164 valence electrons. The van der Waals surface area contributed by atoms with Crippen molar-refractivity contribution in [1.29, 1.82) is 0 Å². The second kappa shape index (κ2) is 10.4. The van der Waals surface area contributed by atoms with Crippen LogP contribution in [0.4, 0.5) is 0 Å². The zero-order valence-corrected chi connectivity index (χ0v) is 18.1. The van der Waals surface area contributed by atoms with E-state index < -0.39 is 0 Å². The molecular formula is C22H32N4O4. The first-order valence-corrected chi connectivity index (χ1v) is 10.8. The average molecular weight is 417 g/mol. The number of nitrogens with zero attached hydrogens (tertiary/aromatic N) is 3. The van der Waals surface area contributed by atoms with E-state index in [0.717, 1.165) is 31.6 Å². The van der Waals surface area contributed by atoms with Crippen LogP contribution in [-0.2, 0) is 22.6 Å². The van der Waals surface area contributed by atoms with Crippen LogP contribution in [0.5, 0.6) is 0 Å². The Kier molecular flexibility index (Phi) is 7.68. The average Bonchev–Trinajstić information content (AvgIpc) is 3.50. The molecule has 8 nitrogen and oxygen atoms in total. The van der Waals surface area contributed by atoms with E-state index in [2.05, 4.69) is 10.3 Å². The van der Waals surface area contributed by atoms with Gasteiger partial charge < -0.3 is 23.9 Å². The molecule has 0 spiro atoms. The van der Waals surface area contributed by atoms with Crippen LogP contribution in [-0.4, -0.2) is 51.6 Å². The summed E-state index contributed by atoms with van der Waals surface area (Å²) in [4.78, 5) is 30.9. The summed E-state index contributed by atoms with van der Waals surface area (Å²) in [5.41, 5.74) is 1.26. The predicted molar refractivity (Wildman–Crippen MR) is 112 cm³/mol. The van der Waals surface area contributed by atoms with E-state index in [0.29, 0.717) is 31.9 Å². The van der Waals surface area contributed by atoms with Crippen LogP contribution in [0.15, 0.2) is 29.0 Å².